The lowest BCUT2D eigenvalue weighted by Gasteiger charge is -2.46. The van der Waals surface area contributed by atoms with Crippen LogP contribution in [0.25, 0.3) is 22.2 Å². The van der Waals surface area contributed by atoms with Crippen molar-refractivity contribution in [2.75, 3.05) is 7.05 Å². The standard InChI is InChI=1S/C29H39N7/c1-18-15-24-27(33-34-28(24)26(31-18)19(2)32-23-13-5-6-14-23)22-12-8-11-21(16-22)25(20-9-7-10-20)29(3)35-30-17-36(29)4/h8,11-12,15-17,19-20,23,25,32,35H,5-7,9-10,13-14H2,1-4H3,(H,33,34)/t19-,25+,29?/m0/s1. The average molecular weight is 486 g/mol. The number of aryl methyl sites for hydroxylation is 1. The van der Waals surface area contributed by atoms with Crippen LogP contribution in [0.1, 0.15) is 87.7 Å². The molecular formula is C29H39N7. The van der Waals surface area contributed by atoms with E-state index < -0.39 is 0 Å². The molecule has 7 heteroatoms. The first-order valence-electron chi connectivity index (χ1n) is 13.7. The van der Waals surface area contributed by atoms with Crippen LogP contribution in [0.2, 0.25) is 0 Å². The van der Waals surface area contributed by atoms with Gasteiger partial charge in [-0.15, -0.1) is 0 Å². The number of nitrogens with one attached hydrogen (secondary N) is 3. The highest BCUT2D eigenvalue weighted by atomic mass is 15.5. The maximum Gasteiger partial charge on any atom is 0.131 e. The van der Waals surface area contributed by atoms with Crippen LogP contribution >= 0.6 is 0 Å². The van der Waals surface area contributed by atoms with Gasteiger partial charge in [0, 0.05) is 41.7 Å². The number of rotatable bonds is 7. The molecule has 3 aromatic rings. The minimum Gasteiger partial charge on any atom is -0.340 e. The SMILES string of the molecule is Cc1cc2c(-c3cccc([C@@H](C4CCC4)C4(C)NN=CN4C)c3)n[nH]c2c([C@H](C)NC2CCCC2)n1. The molecular weight excluding hydrogens is 446 g/mol. The maximum absolute atomic E-state index is 4.95. The molecule has 2 aromatic heterocycles. The molecule has 1 unspecified atom stereocenters. The van der Waals surface area contributed by atoms with Crippen molar-refractivity contribution < 1.29 is 0 Å². The van der Waals surface area contributed by atoms with Crippen LogP contribution in [-0.4, -0.2) is 45.2 Å². The number of hydrogen-bond donors (Lipinski definition) is 3. The molecule has 1 aromatic carbocycles. The Morgan fingerprint density at radius 2 is 1.92 bits per heavy atom. The lowest BCUT2D eigenvalue weighted by Crippen LogP contribution is -2.55. The predicted octanol–water partition coefficient (Wildman–Crippen LogP) is 5.60. The molecule has 0 saturated heterocycles. The number of likely N-dealkylation sites (N-methyl/N-ethyl adjacent to an activating group) is 1. The van der Waals surface area contributed by atoms with Crippen LogP contribution in [0.15, 0.2) is 35.4 Å². The lowest BCUT2D eigenvalue weighted by molar-refractivity contribution is 0.0929. The average Bonchev–Trinajstić information content (AvgIpc) is 3.57. The second-order valence-corrected chi connectivity index (χ2v) is 11.4. The molecule has 2 fully saturated rings. The van der Waals surface area contributed by atoms with Gasteiger partial charge in [0.05, 0.1) is 11.2 Å². The van der Waals surface area contributed by atoms with E-state index in [2.05, 4.69) is 84.0 Å². The molecule has 3 atom stereocenters. The van der Waals surface area contributed by atoms with E-state index in [1.54, 1.807) is 0 Å². The summed E-state index contributed by atoms with van der Waals surface area (Å²) in [5.41, 5.74) is 9.86. The molecule has 6 rings (SSSR count). The number of pyridine rings is 1. The molecule has 0 spiro atoms. The van der Waals surface area contributed by atoms with Gasteiger partial charge in [-0.3, -0.25) is 15.5 Å². The van der Waals surface area contributed by atoms with Crippen LogP contribution in [0.5, 0.6) is 0 Å². The summed E-state index contributed by atoms with van der Waals surface area (Å²) in [5.74, 6) is 0.997. The number of benzene rings is 1. The summed E-state index contributed by atoms with van der Waals surface area (Å²) in [6, 6.07) is 12.0. The molecule has 3 N–H and O–H groups in total. The first-order valence-corrected chi connectivity index (χ1v) is 13.7. The first-order chi connectivity index (χ1) is 17.4. The second-order valence-electron chi connectivity index (χ2n) is 11.4. The number of H-pyrrole nitrogens is 1. The summed E-state index contributed by atoms with van der Waals surface area (Å²) in [5, 5.41) is 17.6. The van der Waals surface area contributed by atoms with E-state index in [1.807, 2.05) is 6.34 Å². The Morgan fingerprint density at radius 1 is 1.11 bits per heavy atom. The van der Waals surface area contributed by atoms with Crippen LogP contribution in [0.3, 0.4) is 0 Å². The van der Waals surface area contributed by atoms with Crippen molar-refractivity contribution >= 4 is 17.2 Å². The van der Waals surface area contributed by atoms with Gasteiger partial charge in [-0.2, -0.15) is 10.2 Å². The fourth-order valence-corrected chi connectivity index (χ4v) is 6.67. The van der Waals surface area contributed by atoms with Crippen molar-refractivity contribution in [1.29, 1.82) is 0 Å². The summed E-state index contributed by atoms with van der Waals surface area (Å²) in [6.45, 7) is 6.60. The van der Waals surface area contributed by atoms with E-state index in [0.717, 1.165) is 33.5 Å². The van der Waals surface area contributed by atoms with Gasteiger partial charge in [0.1, 0.15) is 17.7 Å². The summed E-state index contributed by atoms with van der Waals surface area (Å²) in [7, 11) is 2.12. The number of hydrogen-bond acceptors (Lipinski definition) is 6. The summed E-state index contributed by atoms with van der Waals surface area (Å²) in [6.07, 6.45) is 10.9. The van der Waals surface area contributed by atoms with Crippen molar-refractivity contribution in [2.24, 2.45) is 11.0 Å². The van der Waals surface area contributed by atoms with Crippen molar-refractivity contribution in [3.05, 3.63) is 47.3 Å². The van der Waals surface area contributed by atoms with Gasteiger partial charge in [-0.25, -0.2) is 0 Å². The topological polar surface area (TPSA) is 81.2 Å². The fraction of sp³-hybridized carbons (Fsp3) is 0.552. The van der Waals surface area contributed by atoms with E-state index in [4.69, 9.17) is 10.1 Å². The number of hydrazone groups is 1. The molecule has 2 aliphatic carbocycles. The number of nitrogens with zero attached hydrogens (tertiary/aromatic N) is 4. The number of fused-ring (bicyclic) bond motifs is 1. The molecule has 190 valence electrons. The Kier molecular flexibility index (Phi) is 5.98. The molecule has 0 amide bonds. The van der Waals surface area contributed by atoms with Gasteiger partial charge in [0.15, 0.2) is 0 Å². The zero-order valence-electron chi connectivity index (χ0n) is 22.0. The van der Waals surface area contributed by atoms with E-state index >= 15 is 0 Å². The molecule has 2 saturated carbocycles. The van der Waals surface area contributed by atoms with Gasteiger partial charge < -0.3 is 10.2 Å². The molecule has 3 heterocycles. The summed E-state index contributed by atoms with van der Waals surface area (Å²) >= 11 is 0. The van der Waals surface area contributed by atoms with E-state index in [0.29, 0.717) is 17.9 Å². The summed E-state index contributed by atoms with van der Waals surface area (Å²) < 4.78 is 0. The van der Waals surface area contributed by atoms with Gasteiger partial charge in [-0.1, -0.05) is 37.5 Å². The van der Waals surface area contributed by atoms with Crippen molar-refractivity contribution in [1.82, 2.24) is 30.8 Å². The second kappa shape index (κ2) is 9.18. The van der Waals surface area contributed by atoms with Crippen LogP contribution in [-0.2, 0) is 0 Å². The Bertz CT molecular complexity index is 1270. The number of aromatic amines is 1. The highest BCUT2D eigenvalue weighted by molar-refractivity contribution is 5.94. The van der Waals surface area contributed by atoms with Crippen LogP contribution in [0.4, 0.5) is 0 Å². The quantitative estimate of drug-likeness (QED) is 0.406. The molecule has 36 heavy (non-hydrogen) atoms. The molecule has 7 nitrogen and oxygen atoms in total. The molecule has 0 radical (unpaired) electrons. The largest absolute Gasteiger partial charge is 0.340 e. The van der Waals surface area contributed by atoms with Crippen LogP contribution < -0.4 is 10.7 Å². The van der Waals surface area contributed by atoms with E-state index in [1.165, 1.54) is 50.5 Å². The van der Waals surface area contributed by atoms with E-state index in [-0.39, 0.29) is 11.7 Å². The zero-order chi connectivity index (χ0) is 24.9. The maximum atomic E-state index is 4.95. The third-order valence-electron chi connectivity index (χ3n) is 8.96. The Morgan fingerprint density at radius 3 is 2.61 bits per heavy atom. The predicted molar refractivity (Wildman–Crippen MR) is 146 cm³/mol. The number of aromatic nitrogens is 3. The summed E-state index contributed by atoms with van der Waals surface area (Å²) in [4.78, 5) is 7.18. The Labute approximate surface area is 214 Å². The zero-order valence-corrected chi connectivity index (χ0v) is 22.0. The first kappa shape index (κ1) is 23.5. The minimum atomic E-state index is -0.230. The van der Waals surface area contributed by atoms with Gasteiger partial charge >= 0.3 is 0 Å². The fourth-order valence-electron chi connectivity index (χ4n) is 6.67. The lowest BCUT2D eigenvalue weighted by atomic mass is 9.67. The normalized spacial score (nSPS) is 24.3. The van der Waals surface area contributed by atoms with Crippen LogP contribution in [0, 0.1) is 12.8 Å². The van der Waals surface area contributed by atoms with Gasteiger partial charge in [0.2, 0.25) is 0 Å². The Balaban J connectivity index is 1.37. The smallest absolute Gasteiger partial charge is 0.131 e. The van der Waals surface area contributed by atoms with Crippen molar-refractivity contribution in [2.45, 2.75) is 89.4 Å². The molecule has 1 aliphatic heterocycles. The third-order valence-corrected chi connectivity index (χ3v) is 8.96. The van der Waals surface area contributed by atoms with Crippen molar-refractivity contribution in [3.63, 3.8) is 0 Å². The van der Waals surface area contributed by atoms with Gasteiger partial charge in [-0.05, 0) is 70.1 Å². The van der Waals surface area contributed by atoms with Crippen molar-refractivity contribution in [3.8, 4) is 11.3 Å². The highest BCUT2D eigenvalue weighted by Gasteiger charge is 2.46. The van der Waals surface area contributed by atoms with Gasteiger partial charge in [0.25, 0.3) is 0 Å². The molecule has 3 aliphatic rings. The molecule has 0 bridgehead atoms. The van der Waals surface area contributed by atoms with E-state index in [9.17, 15) is 0 Å². The third kappa shape index (κ3) is 3.97. The monoisotopic (exact) mass is 485 g/mol. The Hall–Kier alpha value is -2.93. The minimum absolute atomic E-state index is 0.182. The highest BCUT2D eigenvalue weighted by Crippen LogP contribution is 2.47.